The number of rotatable bonds is 5. The van der Waals surface area contributed by atoms with Gasteiger partial charge in [0.2, 0.25) is 5.54 Å². The van der Waals surface area contributed by atoms with Crippen LogP contribution in [0.1, 0.15) is 39.2 Å². The highest BCUT2D eigenvalue weighted by molar-refractivity contribution is 6.22. The molecule has 2 aromatic carbocycles. The number of alkyl halides is 3. The molecule has 3 fully saturated rings. The molecule has 0 radical (unpaired) electrons. The van der Waals surface area contributed by atoms with E-state index < -0.39 is 52.7 Å². The number of ether oxygens (including phenoxy) is 3. The van der Waals surface area contributed by atoms with Gasteiger partial charge >= 0.3 is 18.5 Å². The fraction of sp³-hybridized carbons (Fsp3) is 0.429. The summed E-state index contributed by atoms with van der Waals surface area (Å²) >= 11 is 0. The van der Waals surface area contributed by atoms with Crippen LogP contribution in [-0.4, -0.2) is 70.9 Å². The van der Waals surface area contributed by atoms with E-state index in [9.17, 15) is 32.3 Å². The first-order chi connectivity index (χ1) is 19.6. The van der Waals surface area contributed by atoms with Gasteiger partial charge in [-0.1, -0.05) is 12.1 Å². The van der Waals surface area contributed by atoms with E-state index in [0.717, 1.165) is 18.6 Å². The van der Waals surface area contributed by atoms with E-state index in [4.69, 9.17) is 9.47 Å². The van der Waals surface area contributed by atoms with Crippen molar-refractivity contribution in [1.29, 1.82) is 0 Å². The molecule has 0 bridgehead atoms. The van der Waals surface area contributed by atoms with Gasteiger partial charge in [0, 0.05) is 19.6 Å². The molecule has 224 valence electrons. The molecule has 0 atom stereocenters. The zero-order valence-corrected chi connectivity index (χ0v) is 23.0. The summed E-state index contributed by atoms with van der Waals surface area (Å²) in [6, 6.07) is 9.83. The Morgan fingerprint density at radius 3 is 1.90 bits per heavy atom. The van der Waals surface area contributed by atoms with E-state index in [1.165, 1.54) is 36.4 Å². The summed E-state index contributed by atoms with van der Waals surface area (Å²) in [5.74, 6) is -1.57. The van der Waals surface area contributed by atoms with E-state index >= 15 is 0 Å². The number of hydrogen-bond donors (Lipinski definition) is 2. The SMILES string of the molecule is CC(C)(C)OC(=O)N1CCCC12CN(C1(c3ccc(Oc4ccc(OC(F)(F)F)cc4)cc3)C(=O)NC(=O)NC1=O)C2. The third-order valence-corrected chi connectivity index (χ3v) is 7.33. The number of hydrogen-bond acceptors (Lipinski definition) is 8. The first kappa shape index (κ1) is 29.2. The number of halogens is 3. The smallest absolute Gasteiger partial charge is 0.457 e. The van der Waals surface area contributed by atoms with Gasteiger partial charge in [-0.3, -0.25) is 30.0 Å². The number of benzene rings is 2. The molecule has 42 heavy (non-hydrogen) atoms. The predicted octanol–water partition coefficient (Wildman–Crippen LogP) is 4.02. The maximum Gasteiger partial charge on any atom is 0.573 e. The zero-order chi connectivity index (χ0) is 30.5. The summed E-state index contributed by atoms with van der Waals surface area (Å²) in [7, 11) is 0. The molecule has 14 heteroatoms. The van der Waals surface area contributed by atoms with E-state index in [-0.39, 0.29) is 30.2 Å². The summed E-state index contributed by atoms with van der Waals surface area (Å²) in [5, 5.41) is 4.38. The second kappa shape index (κ2) is 10.2. The Morgan fingerprint density at radius 1 is 0.857 bits per heavy atom. The Balaban J connectivity index is 1.38. The van der Waals surface area contributed by atoms with E-state index in [2.05, 4.69) is 15.4 Å². The van der Waals surface area contributed by atoms with Crippen LogP contribution in [0.3, 0.4) is 0 Å². The highest BCUT2D eigenvalue weighted by Crippen LogP contribution is 2.46. The molecule has 0 aromatic heterocycles. The van der Waals surface area contributed by atoms with Gasteiger partial charge in [0.25, 0.3) is 11.8 Å². The first-order valence-electron chi connectivity index (χ1n) is 13.2. The molecular weight excluding hydrogens is 561 g/mol. The molecule has 3 aliphatic rings. The van der Waals surface area contributed by atoms with Crippen molar-refractivity contribution >= 4 is 23.9 Å². The molecule has 0 aliphatic carbocycles. The third-order valence-electron chi connectivity index (χ3n) is 7.33. The zero-order valence-electron chi connectivity index (χ0n) is 23.0. The third kappa shape index (κ3) is 5.45. The van der Waals surface area contributed by atoms with Crippen molar-refractivity contribution < 1.29 is 46.6 Å². The van der Waals surface area contributed by atoms with Crippen molar-refractivity contribution in [2.75, 3.05) is 19.6 Å². The largest absolute Gasteiger partial charge is 0.573 e. The Labute approximate surface area is 238 Å². The number of barbiturate groups is 1. The normalized spacial score (nSPS) is 20.0. The number of nitrogens with one attached hydrogen (secondary N) is 2. The van der Waals surface area contributed by atoms with Crippen LogP contribution in [0.2, 0.25) is 0 Å². The molecule has 1 spiro atoms. The number of urea groups is 1. The molecule has 0 saturated carbocycles. The molecule has 5 rings (SSSR count). The second-order valence-corrected chi connectivity index (χ2v) is 11.4. The van der Waals surface area contributed by atoms with Crippen LogP contribution in [0, 0.1) is 0 Å². The van der Waals surface area contributed by atoms with E-state index in [0.29, 0.717) is 13.0 Å². The Morgan fingerprint density at radius 2 is 1.38 bits per heavy atom. The van der Waals surface area contributed by atoms with Crippen molar-refractivity contribution in [1.82, 2.24) is 20.4 Å². The van der Waals surface area contributed by atoms with Crippen LogP contribution in [0.5, 0.6) is 17.2 Å². The summed E-state index contributed by atoms with van der Waals surface area (Å²) in [5.41, 5.74) is -2.99. The fourth-order valence-electron chi connectivity index (χ4n) is 5.63. The van der Waals surface area contributed by atoms with Gasteiger partial charge < -0.3 is 14.2 Å². The Hall–Kier alpha value is -4.33. The summed E-state index contributed by atoms with van der Waals surface area (Å²) in [6.07, 6.45) is -3.91. The molecule has 5 amide bonds. The molecule has 0 unspecified atom stereocenters. The lowest BCUT2D eigenvalue weighted by Gasteiger charge is -2.58. The molecule has 2 N–H and O–H groups in total. The highest BCUT2D eigenvalue weighted by atomic mass is 19.4. The Bertz CT molecular complexity index is 1380. The minimum absolute atomic E-state index is 0.186. The molecule has 2 aromatic rings. The maximum absolute atomic E-state index is 13.4. The topological polar surface area (TPSA) is 127 Å². The van der Waals surface area contributed by atoms with Crippen molar-refractivity contribution in [3.8, 4) is 17.2 Å². The number of carbonyl (C=O) groups is 4. The number of imide groups is 2. The van der Waals surface area contributed by atoms with Crippen molar-refractivity contribution in [2.24, 2.45) is 0 Å². The minimum Gasteiger partial charge on any atom is -0.457 e. The molecule has 11 nitrogen and oxygen atoms in total. The van der Waals surface area contributed by atoms with Crippen molar-refractivity contribution in [2.45, 2.75) is 56.7 Å². The lowest BCUT2D eigenvalue weighted by Crippen LogP contribution is -2.80. The van der Waals surface area contributed by atoms with Crippen LogP contribution in [-0.2, 0) is 19.9 Å². The van der Waals surface area contributed by atoms with Gasteiger partial charge in [-0.15, -0.1) is 13.2 Å². The number of carbonyl (C=O) groups excluding carboxylic acids is 4. The van der Waals surface area contributed by atoms with Crippen LogP contribution in [0.4, 0.5) is 22.8 Å². The quantitative estimate of drug-likeness (QED) is 0.500. The standard InChI is InChI=1S/C28H29F3N4O7/c1-25(2,3)42-24(39)35-14-4-13-26(35)15-34(16-26)27(21(36)32-23(38)33-22(27)37)17-5-7-18(8-6-17)40-19-9-11-20(12-10-19)41-28(29,30)31/h5-12H,4,13-16H2,1-3H3,(H2,32,33,36,37,38). The van der Waals surface area contributed by atoms with Crippen LogP contribution < -0.4 is 20.1 Å². The van der Waals surface area contributed by atoms with Crippen molar-refractivity contribution in [3.63, 3.8) is 0 Å². The first-order valence-corrected chi connectivity index (χ1v) is 13.2. The summed E-state index contributed by atoms with van der Waals surface area (Å²) in [4.78, 5) is 55.0. The lowest BCUT2D eigenvalue weighted by atomic mass is 9.76. The number of amides is 5. The average Bonchev–Trinajstić information content (AvgIpc) is 3.29. The van der Waals surface area contributed by atoms with Gasteiger partial charge in [-0.2, -0.15) is 0 Å². The van der Waals surface area contributed by atoms with Crippen molar-refractivity contribution in [3.05, 3.63) is 54.1 Å². The van der Waals surface area contributed by atoms with Gasteiger partial charge in [-0.05, 0) is 75.6 Å². The molecule has 3 saturated heterocycles. The van der Waals surface area contributed by atoms with Crippen LogP contribution in [0.25, 0.3) is 0 Å². The van der Waals surface area contributed by atoms with E-state index in [1.807, 2.05) is 0 Å². The monoisotopic (exact) mass is 590 g/mol. The summed E-state index contributed by atoms with van der Waals surface area (Å²) in [6.45, 7) is 6.16. The van der Waals surface area contributed by atoms with E-state index in [1.54, 1.807) is 30.6 Å². The van der Waals surface area contributed by atoms with Crippen LogP contribution >= 0.6 is 0 Å². The lowest BCUT2D eigenvalue weighted by molar-refractivity contribution is -0.274. The minimum atomic E-state index is -4.82. The average molecular weight is 591 g/mol. The molecule has 3 heterocycles. The maximum atomic E-state index is 13.4. The van der Waals surface area contributed by atoms with Gasteiger partial charge in [0.15, 0.2) is 0 Å². The van der Waals surface area contributed by atoms with Gasteiger partial charge in [0.05, 0.1) is 5.54 Å². The van der Waals surface area contributed by atoms with Gasteiger partial charge in [0.1, 0.15) is 22.8 Å². The molecular formula is C28H29F3N4O7. The van der Waals surface area contributed by atoms with Crippen LogP contribution in [0.15, 0.2) is 48.5 Å². The fourth-order valence-corrected chi connectivity index (χ4v) is 5.63. The number of likely N-dealkylation sites (tertiary alicyclic amines) is 2. The highest BCUT2D eigenvalue weighted by Gasteiger charge is 2.65. The Kier molecular flexibility index (Phi) is 7.08. The summed E-state index contributed by atoms with van der Waals surface area (Å²) < 4.78 is 52.4. The molecule has 3 aliphatic heterocycles. The second-order valence-electron chi connectivity index (χ2n) is 11.4. The van der Waals surface area contributed by atoms with Gasteiger partial charge in [-0.25, -0.2) is 9.59 Å². The predicted molar refractivity (Wildman–Crippen MR) is 139 cm³/mol. The number of nitrogens with zero attached hydrogens (tertiary/aromatic N) is 2.